The molecular formula is C13H6F4O2. The van der Waals surface area contributed by atoms with Gasteiger partial charge in [-0.15, -0.1) is 0 Å². The van der Waals surface area contributed by atoms with Gasteiger partial charge in [-0.3, -0.25) is 0 Å². The molecule has 2 nitrogen and oxygen atoms in total. The van der Waals surface area contributed by atoms with Crippen molar-refractivity contribution in [3.05, 3.63) is 59.2 Å². The van der Waals surface area contributed by atoms with Gasteiger partial charge in [-0.05, 0) is 35.9 Å². The predicted molar refractivity (Wildman–Crippen MR) is 58.7 cm³/mol. The maximum atomic E-state index is 13.5. The smallest absolute Gasteiger partial charge is 0.335 e. The van der Waals surface area contributed by atoms with Crippen molar-refractivity contribution in [1.29, 1.82) is 0 Å². The summed E-state index contributed by atoms with van der Waals surface area (Å²) in [6.45, 7) is 0. The van der Waals surface area contributed by atoms with E-state index in [1.54, 1.807) is 0 Å². The molecule has 0 fully saturated rings. The highest BCUT2D eigenvalue weighted by Gasteiger charge is 2.16. The summed E-state index contributed by atoms with van der Waals surface area (Å²) in [5, 5.41) is 8.75. The molecule has 2 rings (SSSR count). The third-order valence-electron chi connectivity index (χ3n) is 2.49. The van der Waals surface area contributed by atoms with Crippen LogP contribution in [0.25, 0.3) is 11.1 Å². The minimum Gasteiger partial charge on any atom is -0.478 e. The maximum Gasteiger partial charge on any atom is 0.335 e. The van der Waals surface area contributed by atoms with Crippen LogP contribution in [0.4, 0.5) is 17.6 Å². The lowest BCUT2D eigenvalue weighted by Crippen LogP contribution is -1.99. The van der Waals surface area contributed by atoms with E-state index >= 15 is 0 Å². The molecule has 0 aliphatic rings. The van der Waals surface area contributed by atoms with E-state index < -0.39 is 40.4 Å². The predicted octanol–water partition coefficient (Wildman–Crippen LogP) is 3.61. The van der Waals surface area contributed by atoms with Crippen LogP contribution in [-0.2, 0) is 0 Å². The van der Waals surface area contributed by atoms with Crippen LogP contribution in [-0.4, -0.2) is 11.1 Å². The second kappa shape index (κ2) is 4.72. The van der Waals surface area contributed by atoms with Gasteiger partial charge >= 0.3 is 5.97 Å². The molecule has 0 aliphatic heterocycles. The van der Waals surface area contributed by atoms with Crippen molar-refractivity contribution in [2.24, 2.45) is 0 Å². The van der Waals surface area contributed by atoms with Gasteiger partial charge in [-0.2, -0.15) is 0 Å². The van der Waals surface area contributed by atoms with Gasteiger partial charge in [0.2, 0.25) is 0 Å². The molecule has 6 heteroatoms. The first-order valence-electron chi connectivity index (χ1n) is 5.08. The Labute approximate surface area is 104 Å². The van der Waals surface area contributed by atoms with Crippen LogP contribution in [0.5, 0.6) is 0 Å². The average Bonchev–Trinajstić information content (AvgIpc) is 2.35. The number of rotatable bonds is 2. The SMILES string of the molecule is O=C(O)c1cc(F)cc(-c2ccc(F)c(F)c2F)c1. The Bertz CT molecular complexity index is 668. The number of hydrogen-bond acceptors (Lipinski definition) is 1. The fourth-order valence-corrected chi connectivity index (χ4v) is 1.62. The van der Waals surface area contributed by atoms with Gasteiger partial charge in [0.25, 0.3) is 0 Å². The topological polar surface area (TPSA) is 37.3 Å². The second-order valence-electron chi connectivity index (χ2n) is 3.76. The first-order valence-corrected chi connectivity index (χ1v) is 5.08. The number of carbonyl (C=O) groups is 1. The highest BCUT2D eigenvalue weighted by atomic mass is 19.2. The van der Waals surface area contributed by atoms with Gasteiger partial charge in [0.1, 0.15) is 5.82 Å². The fraction of sp³-hybridized carbons (Fsp3) is 0. The summed E-state index contributed by atoms with van der Waals surface area (Å²) in [6.07, 6.45) is 0. The van der Waals surface area contributed by atoms with Gasteiger partial charge in [0.05, 0.1) is 5.56 Å². The second-order valence-corrected chi connectivity index (χ2v) is 3.76. The summed E-state index contributed by atoms with van der Waals surface area (Å²) in [4.78, 5) is 10.7. The molecule has 98 valence electrons. The van der Waals surface area contributed by atoms with Gasteiger partial charge in [-0.25, -0.2) is 22.4 Å². The maximum absolute atomic E-state index is 13.5. The molecule has 0 heterocycles. The Morgan fingerprint density at radius 2 is 1.63 bits per heavy atom. The van der Waals surface area contributed by atoms with E-state index in [1.165, 1.54) is 0 Å². The highest BCUT2D eigenvalue weighted by Crippen LogP contribution is 2.27. The van der Waals surface area contributed by atoms with E-state index in [2.05, 4.69) is 0 Å². The van der Waals surface area contributed by atoms with Crippen molar-refractivity contribution in [2.45, 2.75) is 0 Å². The Morgan fingerprint density at radius 3 is 2.26 bits per heavy atom. The molecule has 0 atom stereocenters. The minimum absolute atomic E-state index is 0.186. The number of carboxylic acid groups (broad SMARTS) is 1. The van der Waals surface area contributed by atoms with Crippen LogP contribution in [0.3, 0.4) is 0 Å². The zero-order chi connectivity index (χ0) is 14.2. The van der Waals surface area contributed by atoms with Crippen molar-refractivity contribution < 1.29 is 27.5 Å². The quantitative estimate of drug-likeness (QED) is 0.668. The van der Waals surface area contributed by atoms with Crippen LogP contribution in [0, 0.1) is 23.3 Å². The molecule has 0 bridgehead atoms. The van der Waals surface area contributed by atoms with E-state index in [9.17, 15) is 22.4 Å². The van der Waals surface area contributed by atoms with E-state index in [0.29, 0.717) is 6.07 Å². The Hall–Kier alpha value is -2.37. The molecule has 2 aromatic rings. The number of hydrogen-bond donors (Lipinski definition) is 1. The Balaban J connectivity index is 2.65. The van der Waals surface area contributed by atoms with Crippen molar-refractivity contribution in [1.82, 2.24) is 0 Å². The molecule has 1 N–H and O–H groups in total. The van der Waals surface area contributed by atoms with Crippen molar-refractivity contribution in [2.75, 3.05) is 0 Å². The Morgan fingerprint density at radius 1 is 0.947 bits per heavy atom. The molecule has 0 saturated carbocycles. The molecule has 19 heavy (non-hydrogen) atoms. The molecule has 0 aromatic heterocycles. The number of benzene rings is 2. The van der Waals surface area contributed by atoms with Crippen molar-refractivity contribution in [3.8, 4) is 11.1 Å². The summed E-state index contributed by atoms with van der Waals surface area (Å²) in [6, 6.07) is 4.14. The van der Waals surface area contributed by atoms with Crippen molar-refractivity contribution in [3.63, 3.8) is 0 Å². The lowest BCUT2D eigenvalue weighted by molar-refractivity contribution is 0.0696. The monoisotopic (exact) mass is 270 g/mol. The summed E-state index contributed by atoms with van der Waals surface area (Å²) in [7, 11) is 0. The van der Waals surface area contributed by atoms with Crippen LogP contribution < -0.4 is 0 Å². The van der Waals surface area contributed by atoms with Crippen LogP contribution in [0.1, 0.15) is 10.4 Å². The third-order valence-corrected chi connectivity index (χ3v) is 2.49. The molecule has 0 radical (unpaired) electrons. The minimum atomic E-state index is -1.70. The van der Waals surface area contributed by atoms with Gasteiger partial charge in [0.15, 0.2) is 17.5 Å². The normalized spacial score (nSPS) is 10.5. The Kier molecular flexibility index (Phi) is 3.25. The molecule has 0 saturated heterocycles. The van der Waals surface area contributed by atoms with E-state index in [-0.39, 0.29) is 5.56 Å². The molecule has 0 amide bonds. The molecule has 2 aromatic carbocycles. The molecule has 0 spiro atoms. The first-order chi connectivity index (χ1) is 8.90. The van der Waals surface area contributed by atoms with Crippen LogP contribution in [0.2, 0.25) is 0 Å². The van der Waals surface area contributed by atoms with E-state index in [1.807, 2.05) is 0 Å². The van der Waals surface area contributed by atoms with Crippen LogP contribution >= 0.6 is 0 Å². The third kappa shape index (κ3) is 2.42. The zero-order valence-corrected chi connectivity index (χ0v) is 9.25. The standard InChI is InChI=1S/C13H6F4O2/c14-8-4-6(3-7(5-8)13(18)19)9-1-2-10(15)12(17)11(9)16/h1-5H,(H,18,19). The number of aromatic carboxylic acids is 1. The number of carboxylic acids is 1. The highest BCUT2D eigenvalue weighted by molar-refractivity contribution is 5.89. The van der Waals surface area contributed by atoms with Crippen LogP contribution in [0.15, 0.2) is 30.3 Å². The summed E-state index contributed by atoms with van der Waals surface area (Å²) < 4.78 is 52.6. The van der Waals surface area contributed by atoms with Gasteiger partial charge in [-0.1, -0.05) is 0 Å². The number of halogens is 4. The average molecular weight is 270 g/mol. The van der Waals surface area contributed by atoms with E-state index in [0.717, 1.165) is 24.3 Å². The molecule has 0 aliphatic carbocycles. The summed E-state index contributed by atoms with van der Waals surface area (Å²) in [5.41, 5.74) is -1.02. The van der Waals surface area contributed by atoms with E-state index in [4.69, 9.17) is 5.11 Å². The lowest BCUT2D eigenvalue weighted by Gasteiger charge is -2.06. The molecule has 0 unspecified atom stereocenters. The van der Waals surface area contributed by atoms with Crippen molar-refractivity contribution >= 4 is 5.97 Å². The molecular weight excluding hydrogens is 264 g/mol. The fourth-order valence-electron chi connectivity index (χ4n) is 1.62. The van der Waals surface area contributed by atoms with Gasteiger partial charge in [0, 0.05) is 5.56 Å². The van der Waals surface area contributed by atoms with Gasteiger partial charge < -0.3 is 5.11 Å². The zero-order valence-electron chi connectivity index (χ0n) is 9.25. The lowest BCUT2D eigenvalue weighted by atomic mass is 10.0. The first kappa shape index (κ1) is 13.1. The summed E-state index contributed by atoms with van der Waals surface area (Å²) >= 11 is 0. The summed E-state index contributed by atoms with van der Waals surface area (Å²) in [5.74, 6) is -6.90. The largest absolute Gasteiger partial charge is 0.478 e.